The van der Waals surface area contributed by atoms with Gasteiger partial charge in [-0.3, -0.25) is 4.99 Å². The van der Waals surface area contributed by atoms with E-state index in [1.54, 1.807) is 23.1 Å². The molecule has 118 valence electrons. The predicted octanol–water partition coefficient (Wildman–Crippen LogP) is 4.18. The quantitative estimate of drug-likeness (QED) is 0.345. The molecule has 1 heterocycles. The summed E-state index contributed by atoms with van der Waals surface area (Å²) in [6.07, 6.45) is 2.82. The molecule has 0 saturated carbocycles. The zero-order valence-corrected chi connectivity index (χ0v) is 14.6. The standard InChI is InChI=1S/C16H22N4S2/c1-12(2)13-5-3-6-14(11-13)20-15(17)18-7-4-9-21-16-19-8-10-22-16/h3,5-6,8,10-12H,4,7,9H2,1-2H3,(H3,17,18,20). The van der Waals surface area contributed by atoms with E-state index in [4.69, 9.17) is 5.73 Å². The van der Waals surface area contributed by atoms with Crippen molar-refractivity contribution in [3.63, 3.8) is 0 Å². The minimum atomic E-state index is 0.472. The van der Waals surface area contributed by atoms with Crippen LogP contribution in [0, 0.1) is 0 Å². The first-order chi connectivity index (χ1) is 10.6. The SMILES string of the molecule is CC(C)c1cccc(NC(N)=NCCCSc2nccs2)c1. The van der Waals surface area contributed by atoms with Crippen LogP contribution in [0.3, 0.4) is 0 Å². The van der Waals surface area contributed by atoms with Gasteiger partial charge in [0, 0.05) is 29.6 Å². The van der Waals surface area contributed by atoms with E-state index in [1.165, 1.54) is 5.56 Å². The molecule has 0 aliphatic heterocycles. The highest BCUT2D eigenvalue weighted by atomic mass is 32.2. The minimum absolute atomic E-state index is 0.472. The van der Waals surface area contributed by atoms with Gasteiger partial charge in [0.05, 0.1) is 0 Å². The van der Waals surface area contributed by atoms with Gasteiger partial charge in [-0.2, -0.15) is 0 Å². The van der Waals surface area contributed by atoms with E-state index in [0.29, 0.717) is 11.9 Å². The van der Waals surface area contributed by atoms with Crippen molar-refractivity contribution < 1.29 is 0 Å². The van der Waals surface area contributed by atoms with Crippen molar-refractivity contribution in [1.29, 1.82) is 0 Å². The Labute approximate surface area is 140 Å². The van der Waals surface area contributed by atoms with Gasteiger partial charge in [0.2, 0.25) is 0 Å². The summed E-state index contributed by atoms with van der Waals surface area (Å²) in [5.74, 6) is 1.98. The van der Waals surface area contributed by atoms with E-state index in [9.17, 15) is 0 Å². The molecule has 1 aromatic carbocycles. The first-order valence-electron chi connectivity index (χ1n) is 7.34. The second-order valence-electron chi connectivity index (χ2n) is 5.17. The maximum absolute atomic E-state index is 5.93. The predicted molar refractivity (Wildman–Crippen MR) is 98.1 cm³/mol. The molecular weight excluding hydrogens is 312 g/mol. The molecule has 4 nitrogen and oxygen atoms in total. The molecular formula is C16H22N4S2. The summed E-state index contributed by atoms with van der Waals surface area (Å²) in [6, 6.07) is 8.28. The number of benzene rings is 1. The topological polar surface area (TPSA) is 63.3 Å². The number of thioether (sulfide) groups is 1. The van der Waals surface area contributed by atoms with Crippen LogP contribution in [0.5, 0.6) is 0 Å². The molecule has 0 bridgehead atoms. The fourth-order valence-electron chi connectivity index (χ4n) is 1.87. The van der Waals surface area contributed by atoms with Gasteiger partial charge in [-0.25, -0.2) is 4.98 Å². The summed E-state index contributed by atoms with van der Waals surface area (Å²) >= 11 is 3.44. The normalized spacial score (nSPS) is 11.9. The molecule has 2 aromatic rings. The van der Waals surface area contributed by atoms with Gasteiger partial charge in [-0.05, 0) is 30.0 Å². The average molecular weight is 335 g/mol. The lowest BCUT2D eigenvalue weighted by atomic mass is 10.0. The van der Waals surface area contributed by atoms with Crippen molar-refractivity contribution in [2.75, 3.05) is 17.6 Å². The van der Waals surface area contributed by atoms with Gasteiger partial charge in [-0.15, -0.1) is 11.3 Å². The second kappa shape index (κ2) is 8.80. The number of thiazole rings is 1. The monoisotopic (exact) mass is 334 g/mol. The van der Waals surface area contributed by atoms with E-state index < -0.39 is 0 Å². The number of guanidine groups is 1. The third-order valence-electron chi connectivity index (χ3n) is 3.05. The Morgan fingerprint density at radius 3 is 3.05 bits per heavy atom. The van der Waals surface area contributed by atoms with E-state index >= 15 is 0 Å². The first-order valence-corrected chi connectivity index (χ1v) is 9.21. The highest BCUT2D eigenvalue weighted by Gasteiger charge is 2.01. The summed E-state index contributed by atoms with van der Waals surface area (Å²) in [7, 11) is 0. The summed E-state index contributed by atoms with van der Waals surface area (Å²) in [5.41, 5.74) is 8.21. The van der Waals surface area contributed by atoms with E-state index in [-0.39, 0.29) is 0 Å². The molecule has 0 unspecified atom stereocenters. The molecule has 2 rings (SSSR count). The minimum Gasteiger partial charge on any atom is -0.370 e. The first kappa shape index (κ1) is 16.8. The maximum atomic E-state index is 5.93. The lowest BCUT2D eigenvalue weighted by Crippen LogP contribution is -2.23. The van der Waals surface area contributed by atoms with Crippen molar-refractivity contribution in [3.05, 3.63) is 41.4 Å². The van der Waals surface area contributed by atoms with Gasteiger partial charge < -0.3 is 11.1 Å². The average Bonchev–Trinajstić information content (AvgIpc) is 3.00. The fourth-order valence-corrected chi connectivity index (χ4v) is 3.50. The molecule has 0 spiro atoms. The Kier molecular flexibility index (Phi) is 6.74. The molecule has 1 aromatic heterocycles. The van der Waals surface area contributed by atoms with Crippen LogP contribution in [-0.4, -0.2) is 23.2 Å². The molecule has 0 aliphatic rings. The van der Waals surface area contributed by atoms with Crippen LogP contribution in [0.1, 0.15) is 31.7 Å². The summed E-state index contributed by atoms with van der Waals surface area (Å²) in [4.78, 5) is 8.60. The van der Waals surface area contributed by atoms with Crippen LogP contribution in [0.25, 0.3) is 0 Å². The smallest absolute Gasteiger partial charge is 0.193 e. The van der Waals surface area contributed by atoms with Crippen LogP contribution < -0.4 is 11.1 Å². The third kappa shape index (κ3) is 5.69. The second-order valence-corrected chi connectivity index (χ2v) is 7.41. The summed E-state index contributed by atoms with van der Waals surface area (Å²) in [6.45, 7) is 5.08. The van der Waals surface area contributed by atoms with Crippen LogP contribution in [-0.2, 0) is 0 Å². The van der Waals surface area contributed by atoms with Crippen LogP contribution >= 0.6 is 23.1 Å². The molecule has 6 heteroatoms. The summed E-state index contributed by atoms with van der Waals surface area (Å²) < 4.78 is 1.11. The molecule has 0 fully saturated rings. The van der Waals surface area contributed by atoms with Crippen molar-refractivity contribution in [3.8, 4) is 0 Å². The number of nitrogens with zero attached hydrogens (tertiary/aromatic N) is 2. The number of hydrogen-bond acceptors (Lipinski definition) is 4. The number of hydrogen-bond donors (Lipinski definition) is 2. The van der Waals surface area contributed by atoms with Gasteiger partial charge in [0.1, 0.15) is 4.34 Å². The van der Waals surface area contributed by atoms with Gasteiger partial charge in [-0.1, -0.05) is 37.7 Å². The van der Waals surface area contributed by atoms with E-state index in [0.717, 1.165) is 28.7 Å². The van der Waals surface area contributed by atoms with E-state index in [1.807, 2.05) is 23.7 Å². The van der Waals surface area contributed by atoms with Crippen molar-refractivity contribution in [2.24, 2.45) is 10.7 Å². The zero-order chi connectivity index (χ0) is 15.8. The lowest BCUT2D eigenvalue weighted by Gasteiger charge is -2.09. The largest absolute Gasteiger partial charge is 0.370 e. The Morgan fingerprint density at radius 1 is 1.45 bits per heavy atom. The number of aromatic nitrogens is 1. The molecule has 0 aliphatic carbocycles. The van der Waals surface area contributed by atoms with Gasteiger partial charge >= 0.3 is 0 Å². The number of nitrogens with two attached hydrogens (primary N) is 1. The molecule has 0 radical (unpaired) electrons. The Balaban J connectivity index is 1.74. The zero-order valence-electron chi connectivity index (χ0n) is 13.0. The van der Waals surface area contributed by atoms with Gasteiger partial charge in [0.15, 0.2) is 5.96 Å². The fraction of sp³-hybridized carbons (Fsp3) is 0.375. The third-order valence-corrected chi connectivity index (χ3v) is 5.10. The molecule has 22 heavy (non-hydrogen) atoms. The number of anilines is 1. The van der Waals surface area contributed by atoms with Crippen LogP contribution in [0.4, 0.5) is 5.69 Å². The van der Waals surface area contributed by atoms with Crippen LogP contribution in [0.15, 0.2) is 45.2 Å². The number of nitrogens with one attached hydrogen (secondary N) is 1. The number of aliphatic imine (C=N–C) groups is 1. The molecule has 0 amide bonds. The molecule has 0 atom stereocenters. The Morgan fingerprint density at radius 2 is 2.32 bits per heavy atom. The number of rotatable bonds is 7. The maximum Gasteiger partial charge on any atom is 0.193 e. The highest BCUT2D eigenvalue weighted by molar-refractivity contribution is 8.00. The van der Waals surface area contributed by atoms with Crippen LogP contribution in [0.2, 0.25) is 0 Å². The van der Waals surface area contributed by atoms with Crippen molar-refractivity contribution >= 4 is 34.7 Å². The summed E-state index contributed by atoms with van der Waals surface area (Å²) in [5, 5.41) is 5.15. The Bertz CT molecular complexity index is 594. The lowest BCUT2D eigenvalue weighted by molar-refractivity contribution is 0.867. The van der Waals surface area contributed by atoms with Gasteiger partial charge in [0.25, 0.3) is 0 Å². The molecule has 0 saturated heterocycles. The van der Waals surface area contributed by atoms with Crippen molar-refractivity contribution in [2.45, 2.75) is 30.5 Å². The highest BCUT2D eigenvalue weighted by Crippen LogP contribution is 2.20. The molecule has 3 N–H and O–H groups in total. The van der Waals surface area contributed by atoms with E-state index in [2.05, 4.69) is 41.3 Å². The Hall–Kier alpha value is -1.53. The van der Waals surface area contributed by atoms with Crippen molar-refractivity contribution in [1.82, 2.24) is 4.98 Å².